The summed E-state index contributed by atoms with van der Waals surface area (Å²) in [6.07, 6.45) is 0. The van der Waals surface area contributed by atoms with Crippen molar-refractivity contribution in [2.45, 2.75) is 33.3 Å². The molecule has 0 aliphatic carbocycles. The minimum absolute atomic E-state index is 0.601. The second-order valence-corrected chi connectivity index (χ2v) is 8.87. The van der Waals surface area contributed by atoms with E-state index in [-0.39, 0.29) is 0 Å². The van der Waals surface area contributed by atoms with Gasteiger partial charge in [0.2, 0.25) is 0 Å². The average molecular weight is 428 g/mol. The van der Waals surface area contributed by atoms with E-state index in [4.69, 9.17) is 50.0 Å². The molecule has 0 heterocycles. The normalized spacial score (nSPS) is 11.5. The summed E-state index contributed by atoms with van der Waals surface area (Å²) in [5, 5.41) is 0. The molecule has 2 rings (SSSR count). The summed E-state index contributed by atoms with van der Waals surface area (Å²) >= 11 is 26.5. The number of halogens is 4. The quantitative estimate of drug-likeness (QED) is 0.341. The van der Waals surface area contributed by atoms with Crippen molar-refractivity contribution in [1.29, 1.82) is 0 Å². The van der Waals surface area contributed by atoms with Gasteiger partial charge in [-0.1, -0.05) is 35.4 Å². The summed E-state index contributed by atoms with van der Waals surface area (Å²) < 4.78 is 5.67. The molecule has 23 heavy (non-hydrogen) atoms. The van der Waals surface area contributed by atoms with Crippen LogP contribution in [0.25, 0.3) is 0 Å². The largest absolute Gasteiger partial charge is 0.237 e. The van der Waals surface area contributed by atoms with Gasteiger partial charge in [-0.05, 0) is 26.0 Å². The van der Waals surface area contributed by atoms with Crippen molar-refractivity contribution < 1.29 is 3.63 Å². The van der Waals surface area contributed by atoms with Crippen molar-refractivity contribution >= 4 is 70.5 Å². The Bertz CT molecular complexity index is 620. The van der Waals surface area contributed by atoms with Gasteiger partial charge < -0.3 is 0 Å². The summed E-state index contributed by atoms with van der Waals surface area (Å²) in [4.78, 5) is 0.548. The highest BCUT2D eigenvalue weighted by Gasteiger charge is 2.14. The van der Waals surface area contributed by atoms with E-state index in [1.54, 1.807) is 0 Å². The lowest BCUT2D eigenvalue weighted by atomic mass is 10.2. The lowest BCUT2D eigenvalue weighted by molar-refractivity contribution is 0.754. The van der Waals surface area contributed by atoms with Crippen LogP contribution in [-0.2, 0) is 3.63 Å². The first-order valence-corrected chi connectivity index (χ1v) is 9.90. The highest BCUT2D eigenvalue weighted by Crippen LogP contribution is 2.40. The van der Waals surface area contributed by atoms with Gasteiger partial charge >= 0.3 is 0 Å². The number of aryl methyl sites for hydroxylation is 2. The van der Waals surface area contributed by atoms with Crippen molar-refractivity contribution in [3.8, 4) is 0 Å². The van der Waals surface area contributed by atoms with Crippen LogP contribution in [0, 0.1) is 13.8 Å². The summed E-state index contributed by atoms with van der Waals surface area (Å²) in [7, 11) is 0. The molecule has 0 amide bonds. The highest BCUT2D eigenvalue weighted by molar-refractivity contribution is 8.08. The van der Waals surface area contributed by atoms with E-state index < -0.39 is 9.67 Å². The zero-order valence-corrected chi connectivity index (χ0v) is 17.0. The molecule has 0 unspecified atom stereocenters. The molecule has 0 saturated heterocycles. The summed E-state index contributed by atoms with van der Waals surface area (Å²) in [6, 6.07) is 11.8. The van der Waals surface area contributed by atoms with E-state index in [9.17, 15) is 0 Å². The molecule has 0 spiro atoms. The van der Waals surface area contributed by atoms with Crippen LogP contribution in [0.4, 0.5) is 0 Å². The molecule has 124 valence electrons. The van der Waals surface area contributed by atoms with Gasteiger partial charge in [0.05, 0.1) is 0 Å². The van der Waals surface area contributed by atoms with E-state index in [0.29, 0.717) is 0 Å². The predicted octanol–water partition coefficient (Wildman–Crippen LogP) is 7.99. The Kier molecular flexibility index (Phi) is 7.74. The molecule has 2 aromatic carbocycles. The predicted molar refractivity (Wildman–Crippen MR) is 104 cm³/mol. The smallest absolute Gasteiger partial charge is 0.133 e. The molecule has 0 N–H and O–H groups in total. The van der Waals surface area contributed by atoms with Gasteiger partial charge in [-0.3, -0.25) is 0 Å². The first-order chi connectivity index (χ1) is 10.9. The maximum Gasteiger partial charge on any atom is 0.133 e. The second-order valence-electron chi connectivity index (χ2n) is 4.92. The van der Waals surface area contributed by atoms with Crippen LogP contribution in [0.5, 0.6) is 0 Å². The maximum atomic E-state index is 6.02. The molecule has 0 bridgehead atoms. The van der Waals surface area contributed by atoms with Crippen molar-refractivity contribution in [2.24, 2.45) is 0 Å². The van der Waals surface area contributed by atoms with E-state index in [2.05, 4.69) is 0 Å². The van der Waals surface area contributed by atoms with Crippen LogP contribution in [-0.4, -0.2) is 0 Å². The first-order valence-electron chi connectivity index (χ1n) is 6.67. The standard InChI is InChI=1S/C16H14Cl4OS2/c1-9-3-5-13(11(7-9)15(17)18)22-21-23-14-6-4-10(2)8-12(14)16(19)20/h3-8,15-16H,1-2H3. The second kappa shape index (κ2) is 9.10. The van der Waals surface area contributed by atoms with E-state index in [1.165, 1.54) is 24.1 Å². The van der Waals surface area contributed by atoms with E-state index >= 15 is 0 Å². The van der Waals surface area contributed by atoms with Crippen LogP contribution < -0.4 is 0 Å². The fraction of sp³-hybridized carbons (Fsp3) is 0.250. The molecule has 7 heteroatoms. The fourth-order valence-corrected chi connectivity index (χ4v) is 4.42. The van der Waals surface area contributed by atoms with Crippen molar-refractivity contribution in [3.05, 3.63) is 58.7 Å². The molecular formula is C16H14Cl4OS2. The van der Waals surface area contributed by atoms with Crippen molar-refractivity contribution in [1.82, 2.24) is 0 Å². The lowest BCUT2D eigenvalue weighted by Gasteiger charge is -2.12. The maximum absolute atomic E-state index is 6.02. The number of hydrogen-bond donors (Lipinski definition) is 0. The molecule has 0 aliphatic heterocycles. The van der Waals surface area contributed by atoms with Crippen LogP contribution >= 0.6 is 70.5 Å². The SMILES string of the molecule is Cc1ccc(SOSc2ccc(C)cc2C(Cl)Cl)c(C(Cl)Cl)c1. The Balaban J connectivity index is 2.09. The molecule has 1 nitrogen and oxygen atoms in total. The summed E-state index contributed by atoms with van der Waals surface area (Å²) in [5.41, 5.74) is 3.85. The van der Waals surface area contributed by atoms with Gasteiger partial charge in [0.15, 0.2) is 0 Å². The molecular weight excluding hydrogens is 414 g/mol. The third-order valence-electron chi connectivity index (χ3n) is 3.05. The lowest BCUT2D eigenvalue weighted by Crippen LogP contribution is -1.90. The Labute approximate surface area is 165 Å². The van der Waals surface area contributed by atoms with Gasteiger partial charge in [-0.15, -0.1) is 46.4 Å². The third-order valence-corrected chi connectivity index (χ3v) is 5.64. The number of alkyl halides is 4. The molecule has 0 aliphatic rings. The van der Waals surface area contributed by atoms with E-state index in [0.717, 1.165) is 32.0 Å². The zero-order chi connectivity index (χ0) is 17.0. The van der Waals surface area contributed by atoms with E-state index in [1.807, 2.05) is 50.2 Å². The molecule has 0 radical (unpaired) electrons. The van der Waals surface area contributed by atoms with Crippen LogP contribution in [0.3, 0.4) is 0 Å². The fourth-order valence-electron chi connectivity index (χ4n) is 1.92. The van der Waals surface area contributed by atoms with Crippen LogP contribution in [0.15, 0.2) is 46.2 Å². The van der Waals surface area contributed by atoms with Crippen LogP contribution in [0.1, 0.15) is 31.9 Å². The van der Waals surface area contributed by atoms with Gasteiger partial charge in [0.1, 0.15) is 9.67 Å². The number of hydrogen-bond acceptors (Lipinski definition) is 3. The Morgan fingerprint density at radius 1 is 0.739 bits per heavy atom. The molecule has 2 aromatic rings. The minimum Gasteiger partial charge on any atom is -0.237 e. The van der Waals surface area contributed by atoms with Gasteiger partial charge in [0.25, 0.3) is 0 Å². The topological polar surface area (TPSA) is 9.23 Å². The minimum atomic E-state index is -0.601. The Hall–Kier alpha value is 0.260. The Morgan fingerprint density at radius 2 is 1.13 bits per heavy atom. The highest BCUT2D eigenvalue weighted by atomic mass is 35.5. The molecule has 0 saturated carbocycles. The zero-order valence-electron chi connectivity index (χ0n) is 12.4. The number of rotatable bonds is 6. The third kappa shape index (κ3) is 5.64. The average Bonchev–Trinajstić information content (AvgIpc) is 2.49. The monoisotopic (exact) mass is 426 g/mol. The van der Waals surface area contributed by atoms with Gasteiger partial charge in [-0.25, -0.2) is 3.63 Å². The molecule has 0 atom stereocenters. The van der Waals surface area contributed by atoms with Gasteiger partial charge in [-0.2, -0.15) is 0 Å². The first kappa shape index (κ1) is 19.6. The van der Waals surface area contributed by atoms with Crippen molar-refractivity contribution in [3.63, 3.8) is 0 Å². The van der Waals surface area contributed by atoms with Crippen LogP contribution in [0.2, 0.25) is 0 Å². The van der Waals surface area contributed by atoms with Gasteiger partial charge in [0, 0.05) is 45.0 Å². The molecule has 0 aromatic heterocycles. The molecule has 0 fully saturated rings. The Morgan fingerprint density at radius 3 is 1.48 bits per heavy atom. The summed E-state index contributed by atoms with van der Waals surface area (Å²) in [6.45, 7) is 3.98. The number of benzene rings is 2. The van der Waals surface area contributed by atoms with Crippen molar-refractivity contribution in [2.75, 3.05) is 0 Å². The summed E-state index contributed by atoms with van der Waals surface area (Å²) in [5.74, 6) is 0.